The number of rotatable bonds is 8. The van der Waals surface area contributed by atoms with E-state index < -0.39 is 34.2 Å². The van der Waals surface area contributed by atoms with Crippen LogP contribution in [-0.2, 0) is 26.1 Å². The third kappa shape index (κ3) is 6.20. The fourth-order valence-electron chi connectivity index (χ4n) is 3.90. The van der Waals surface area contributed by atoms with Gasteiger partial charge >= 0.3 is 10.1 Å². The highest BCUT2D eigenvalue weighted by atomic mass is 32.2. The van der Waals surface area contributed by atoms with Crippen LogP contribution in [0, 0.1) is 11.5 Å². The van der Waals surface area contributed by atoms with E-state index >= 15 is 0 Å². The second-order valence-electron chi connectivity index (χ2n) is 8.04. The van der Waals surface area contributed by atoms with Gasteiger partial charge in [0.15, 0.2) is 11.9 Å². The maximum Gasteiger partial charge on any atom is 0.306 e. The fraction of sp³-hybridized carbons (Fsp3) is 0.391. The SMILES string of the molecule is COC(OC)[C@@]1(C)Oc2ccc(OS(C)(=O)=O)cc2[C@@H](NC(=NC#N)NCc2ccccc2)[C@@H]1O. The van der Waals surface area contributed by atoms with Crippen molar-refractivity contribution >= 4 is 16.1 Å². The summed E-state index contributed by atoms with van der Waals surface area (Å²) < 4.78 is 45.2. The van der Waals surface area contributed by atoms with Gasteiger partial charge in [-0.05, 0) is 30.7 Å². The van der Waals surface area contributed by atoms with E-state index in [4.69, 9.17) is 18.4 Å². The lowest BCUT2D eigenvalue weighted by Gasteiger charge is -2.46. The molecule has 0 bridgehead atoms. The summed E-state index contributed by atoms with van der Waals surface area (Å²) in [5, 5.41) is 26.8. The Kier molecular flexibility index (Phi) is 8.18. The van der Waals surface area contributed by atoms with E-state index in [1.54, 1.807) is 13.1 Å². The number of aliphatic hydroxyl groups is 1. The third-order valence-corrected chi connectivity index (χ3v) is 5.94. The summed E-state index contributed by atoms with van der Waals surface area (Å²) in [5.41, 5.74) is -0.0560. The number of guanidine groups is 1. The number of hydrogen-bond donors (Lipinski definition) is 3. The van der Waals surface area contributed by atoms with Crippen LogP contribution in [0.5, 0.6) is 11.5 Å². The minimum absolute atomic E-state index is 0.0310. The van der Waals surface area contributed by atoms with Gasteiger partial charge in [0.25, 0.3) is 0 Å². The molecule has 3 atom stereocenters. The van der Waals surface area contributed by atoms with Crippen LogP contribution < -0.4 is 19.6 Å². The number of fused-ring (bicyclic) bond motifs is 1. The molecule has 0 saturated carbocycles. The molecule has 2 aromatic rings. The zero-order valence-corrected chi connectivity index (χ0v) is 20.6. The topological polar surface area (TPSA) is 152 Å². The first kappa shape index (κ1) is 26.2. The van der Waals surface area contributed by atoms with Gasteiger partial charge in [0, 0.05) is 26.3 Å². The van der Waals surface area contributed by atoms with E-state index in [1.165, 1.54) is 32.4 Å². The second-order valence-corrected chi connectivity index (χ2v) is 9.62. The minimum atomic E-state index is -3.79. The van der Waals surface area contributed by atoms with E-state index in [9.17, 15) is 18.8 Å². The molecule has 0 saturated heterocycles. The van der Waals surface area contributed by atoms with Crippen LogP contribution in [0.25, 0.3) is 0 Å². The van der Waals surface area contributed by atoms with E-state index in [-0.39, 0.29) is 11.7 Å². The van der Waals surface area contributed by atoms with Crippen molar-refractivity contribution in [2.75, 3.05) is 20.5 Å². The Morgan fingerprint density at radius 2 is 1.94 bits per heavy atom. The zero-order chi connectivity index (χ0) is 25.6. The van der Waals surface area contributed by atoms with Crippen molar-refractivity contribution in [2.45, 2.75) is 37.5 Å². The molecule has 0 unspecified atom stereocenters. The van der Waals surface area contributed by atoms with Crippen LogP contribution in [0.1, 0.15) is 24.1 Å². The highest BCUT2D eigenvalue weighted by Gasteiger charge is 2.52. The molecule has 1 heterocycles. The van der Waals surface area contributed by atoms with Crippen LogP contribution in [0.2, 0.25) is 0 Å². The molecule has 11 nitrogen and oxygen atoms in total. The summed E-state index contributed by atoms with van der Waals surface area (Å²) in [4.78, 5) is 3.81. The molecule has 0 fully saturated rings. The molecule has 1 aliphatic heterocycles. The molecule has 0 amide bonds. The molecule has 12 heteroatoms. The van der Waals surface area contributed by atoms with Gasteiger partial charge in [-0.2, -0.15) is 13.7 Å². The standard InChI is InChI=1S/C23H28N4O7S/c1-23(21(31-2)32-3)20(28)19(17-12-16(34-35(4,29)30)10-11-18(17)33-23)27-22(26-14-24)25-13-15-8-6-5-7-9-15/h5-12,19-21,28H,13H2,1-4H3,(H2,25,26,27)/t19-,20+,23+/m1/s1. The molecule has 188 valence electrons. The average molecular weight is 505 g/mol. The normalized spacial score (nSPS) is 22.0. The monoisotopic (exact) mass is 504 g/mol. The van der Waals surface area contributed by atoms with E-state index in [1.807, 2.05) is 30.3 Å². The van der Waals surface area contributed by atoms with Crippen molar-refractivity contribution in [1.82, 2.24) is 10.6 Å². The third-order valence-electron chi connectivity index (χ3n) is 5.45. The van der Waals surface area contributed by atoms with Crippen molar-refractivity contribution in [2.24, 2.45) is 4.99 Å². The van der Waals surface area contributed by atoms with Gasteiger partial charge in [-0.1, -0.05) is 30.3 Å². The summed E-state index contributed by atoms with van der Waals surface area (Å²) >= 11 is 0. The van der Waals surface area contributed by atoms with Crippen LogP contribution in [0.15, 0.2) is 53.5 Å². The number of aliphatic imine (C=N–C) groups is 1. The number of aliphatic hydroxyl groups excluding tert-OH is 1. The first-order valence-corrected chi connectivity index (χ1v) is 12.4. The van der Waals surface area contributed by atoms with E-state index in [2.05, 4.69) is 15.6 Å². The van der Waals surface area contributed by atoms with Gasteiger partial charge in [0.2, 0.25) is 12.2 Å². The number of methoxy groups -OCH3 is 2. The highest BCUT2D eigenvalue weighted by Crippen LogP contribution is 2.43. The summed E-state index contributed by atoms with van der Waals surface area (Å²) in [6, 6.07) is 12.9. The summed E-state index contributed by atoms with van der Waals surface area (Å²) in [5.74, 6) is 0.453. The lowest BCUT2D eigenvalue weighted by Crippen LogP contribution is -2.62. The largest absolute Gasteiger partial charge is 0.479 e. The first-order valence-electron chi connectivity index (χ1n) is 10.6. The number of ether oxygens (including phenoxy) is 3. The number of nitrogens with one attached hydrogen (secondary N) is 2. The summed E-state index contributed by atoms with van der Waals surface area (Å²) in [7, 11) is -0.958. The summed E-state index contributed by atoms with van der Waals surface area (Å²) in [6.45, 7) is 1.97. The van der Waals surface area contributed by atoms with Crippen LogP contribution in [0.3, 0.4) is 0 Å². The predicted molar refractivity (Wildman–Crippen MR) is 127 cm³/mol. The zero-order valence-electron chi connectivity index (χ0n) is 19.8. The van der Waals surface area contributed by atoms with Crippen LogP contribution in [-0.4, -0.2) is 58.0 Å². The summed E-state index contributed by atoms with van der Waals surface area (Å²) in [6.07, 6.45) is 0.408. The lowest BCUT2D eigenvalue weighted by atomic mass is 9.84. The predicted octanol–water partition coefficient (Wildman–Crippen LogP) is 1.41. The first-order chi connectivity index (χ1) is 16.6. The molecule has 0 radical (unpaired) electrons. The maximum atomic E-state index is 11.7. The molecule has 35 heavy (non-hydrogen) atoms. The van der Waals surface area contributed by atoms with Gasteiger partial charge in [-0.25, -0.2) is 0 Å². The van der Waals surface area contributed by atoms with Gasteiger partial charge in [0.05, 0.1) is 12.3 Å². The van der Waals surface area contributed by atoms with Gasteiger partial charge in [-0.3, -0.25) is 0 Å². The van der Waals surface area contributed by atoms with Crippen molar-refractivity contribution in [3.05, 3.63) is 59.7 Å². The van der Waals surface area contributed by atoms with E-state index in [0.717, 1.165) is 11.8 Å². The molecular weight excluding hydrogens is 476 g/mol. The number of hydrogen-bond acceptors (Lipinski definition) is 9. The molecule has 0 aromatic heterocycles. The van der Waals surface area contributed by atoms with Gasteiger partial charge < -0.3 is 34.1 Å². The molecule has 0 aliphatic carbocycles. The molecule has 3 rings (SSSR count). The van der Waals surface area contributed by atoms with Crippen LogP contribution in [0.4, 0.5) is 0 Å². The Hall–Kier alpha value is -3.37. The van der Waals surface area contributed by atoms with Crippen molar-refractivity contribution in [3.63, 3.8) is 0 Å². The average Bonchev–Trinajstić information content (AvgIpc) is 2.81. The minimum Gasteiger partial charge on any atom is -0.479 e. The molecule has 0 spiro atoms. The fourth-order valence-corrected chi connectivity index (χ4v) is 4.35. The Labute approximate surface area is 204 Å². The Bertz CT molecular complexity index is 1200. The number of nitrogens with zero attached hydrogens (tertiary/aromatic N) is 2. The Morgan fingerprint density at radius 3 is 2.54 bits per heavy atom. The molecular formula is C23H28N4O7S. The highest BCUT2D eigenvalue weighted by molar-refractivity contribution is 7.86. The smallest absolute Gasteiger partial charge is 0.306 e. The Morgan fingerprint density at radius 1 is 1.26 bits per heavy atom. The van der Waals surface area contributed by atoms with E-state index in [0.29, 0.717) is 17.9 Å². The van der Waals surface area contributed by atoms with Crippen molar-refractivity contribution < 1.29 is 31.9 Å². The van der Waals surface area contributed by atoms with Crippen LogP contribution >= 0.6 is 0 Å². The molecule has 1 aliphatic rings. The quantitative estimate of drug-likeness (QED) is 0.158. The van der Waals surface area contributed by atoms with Gasteiger partial charge in [-0.15, -0.1) is 4.99 Å². The molecule has 3 N–H and O–H groups in total. The van der Waals surface area contributed by atoms with Crippen molar-refractivity contribution in [1.29, 1.82) is 5.26 Å². The second kappa shape index (κ2) is 10.9. The Balaban J connectivity index is 2.00. The maximum absolute atomic E-state index is 11.7. The number of benzene rings is 2. The van der Waals surface area contributed by atoms with Gasteiger partial charge in [0.1, 0.15) is 17.6 Å². The van der Waals surface area contributed by atoms with Crippen molar-refractivity contribution in [3.8, 4) is 17.7 Å². The number of nitriles is 1. The lowest BCUT2D eigenvalue weighted by molar-refractivity contribution is -0.238. The molecule has 2 aromatic carbocycles.